The summed E-state index contributed by atoms with van der Waals surface area (Å²) >= 11 is 6.00. The minimum absolute atomic E-state index is 0.144. The molecule has 2 rings (SSSR count). The normalized spacial score (nSPS) is 10.1. The minimum Gasteiger partial charge on any atom is -0.465 e. The third-order valence-electron chi connectivity index (χ3n) is 3.48. The third-order valence-corrected chi connectivity index (χ3v) is 3.81. The van der Waals surface area contributed by atoms with E-state index in [4.69, 9.17) is 11.6 Å². The molecule has 0 saturated carbocycles. The Kier molecular flexibility index (Phi) is 5.77. The molecule has 0 spiro atoms. The number of methoxy groups -OCH3 is 1. The maximum atomic E-state index is 12.1. The molecule has 6 nitrogen and oxygen atoms in total. The summed E-state index contributed by atoms with van der Waals surface area (Å²) in [6, 6.07) is 9.76. The number of carbonyl (C=O) groups is 3. The van der Waals surface area contributed by atoms with Crippen LogP contribution in [0.25, 0.3) is 0 Å². The predicted octanol–water partition coefficient (Wildman–Crippen LogP) is 3.32. The van der Waals surface area contributed by atoms with Crippen molar-refractivity contribution in [1.82, 2.24) is 0 Å². The second-order valence-electron chi connectivity index (χ2n) is 5.41. The van der Waals surface area contributed by atoms with Crippen LogP contribution in [-0.4, -0.2) is 24.9 Å². The average molecular weight is 361 g/mol. The molecule has 7 heteroatoms. The van der Waals surface area contributed by atoms with E-state index >= 15 is 0 Å². The molecule has 0 fully saturated rings. The summed E-state index contributed by atoms with van der Waals surface area (Å²) in [6.07, 6.45) is 0. The maximum Gasteiger partial charge on any atom is 0.337 e. The van der Waals surface area contributed by atoms with Crippen LogP contribution in [0.15, 0.2) is 36.4 Å². The number of anilines is 2. The van der Waals surface area contributed by atoms with Gasteiger partial charge in [-0.15, -0.1) is 0 Å². The van der Waals surface area contributed by atoms with E-state index < -0.39 is 17.8 Å². The topological polar surface area (TPSA) is 84.5 Å². The fourth-order valence-electron chi connectivity index (χ4n) is 2.09. The predicted molar refractivity (Wildman–Crippen MR) is 96.0 cm³/mol. The largest absolute Gasteiger partial charge is 0.465 e. The Hall–Kier alpha value is -2.86. The first kappa shape index (κ1) is 18.5. The van der Waals surface area contributed by atoms with E-state index in [1.807, 2.05) is 26.0 Å². The van der Waals surface area contributed by atoms with Crippen molar-refractivity contribution in [2.45, 2.75) is 13.8 Å². The highest BCUT2D eigenvalue weighted by molar-refractivity contribution is 6.45. The molecule has 0 unspecified atom stereocenters. The van der Waals surface area contributed by atoms with Crippen molar-refractivity contribution in [2.75, 3.05) is 17.7 Å². The van der Waals surface area contributed by atoms with Gasteiger partial charge >= 0.3 is 17.8 Å². The summed E-state index contributed by atoms with van der Waals surface area (Å²) in [6.45, 7) is 3.71. The van der Waals surface area contributed by atoms with Crippen LogP contribution in [0.4, 0.5) is 11.4 Å². The summed E-state index contributed by atoms with van der Waals surface area (Å²) in [5, 5.41) is 5.14. The Morgan fingerprint density at radius 2 is 1.56 bits per heavy atom. The van der Waals surface area contributed by atoms with Crippen molar-refractivity contribution in [3.05, 3.63) is 58.1 Å². The van der Waals surface area contributed by atoms with Gasteiger partial charge in [0.05, 0.1) is 23.4 Å². The van der Waals surface area contributed by atoms with E-state index in [2.05, 4.69) is 15.4 Å². The standard InChI is InChI=1S/C18H17ClN2O4/c1-10-4-5-11(2)14(8-10)20-16(22)17(23)21-15-9-12(18(24)25-3)6-7-13(15)19/h4-9H,1-3H3,(H,20,22)(H,21,23). The maximum absolute atomic E-state index is 12.1. The SMILES string of the molecule is COC(=O)c1ccc(Cl)c(NC(=O)C(=O)Nc2cc(C)ccc2C)c1. The number of rotatable bonds is 3. The lowest BCUT2D eigenvalue weighted by molar-refractivity contribution is -0.133. The molecule has 2 aromatic rings. The first-order valence-corrected chi connectivity index (χ1v) is 7.77. The van der Waals surface area contributed by atoms with Gasteiger partial charge in [-0.1, -0.05) is 23.7 Å². The molecule has 0 bridgehead atoms. The van der Waals surface area contributed by atoms with Gasteiger partial charge in [0.25, 0.3) is 0 Å². The fraction of sp³-hybridized carbons (Fsp3) is 0.167. The number of amides is 2. The van der Waals surface area contributed by atoms with Crippen molar-refractivity contribution < 1.29 is 19.1 Å². The number of halogens is 1. The fourth-order valence-corrected chi connectivity index (χ4v) is 2.26. The highest BCUT2D eigenvalue weighted by Gasteiger charge is 2.17. The molecule has 2 amide bonds. The molecule has 130 valence electrons. The van der Waals surface area contributed by atoms with Gasteiger partial charge in [-0.3, -0.25) is 9.59 Å². The van der Waals surface area contributed by atoms with E-state index in [1.54, 1.807) is 6.07 Å². The molecule has 0 atom stereocenters. The smallest absolute Gasteiger partial charge is 0.337 e. The van der Waals surface area contributed by atoms with Gasteiger partial charge in [0.1, 0.15) is 0 Å². The Morgan fingerprint density at radius 1 is 0.920 bits per heavy atom. The summed E-state index contributed by atoms with van der Waals surface area (Å²) in [4.78, 5) is 35.8. The van der Waals surface area contributed by atoms with Crippen LogP contribution >= 0.6 is 11.6 Å². The van der Waals surface area contributed by atoms with Gasteiger partial charge in [-0.25, -0.2) is 4.79 Å². The van der Waals surface area contributed by atoms with Gasteiger partial charge in [0, 0.05) is 5.69 Å². The highest BCUT2D eigenvalue weighted by Crippen LogP contribution is 2.23. The van der Waals surface area contributed by atoms with Crippen LogP contribution in [0, 0.1) is 13.8 Å². The van der Waals surface area contributed by atoms with Crippen LogP contribution in [0.1, 0.15) is 21.5 Å². The Labute approximate surface area is 150 Å². The van der Waals surface area contributed by atoms with Gasteiger partial charge in [-0.2, -0.15) is 0 Å². The summed E-state index contributed by atoms with van der Waals surface area (Å²) in [7, 11) is 1.24. The van der Waals surface area contributed by atoms with Crippen molar-refractivity contribution in [3.63, 3.8) is 0 Å². The van der Waals surface area contributed by atoms with Crippen LogP contribution in [0.3, 0.4) is 0 Å². The molecule has 0 aromatic heterocycles. The molecule has 0 heterocycles. The summed E-state index contributed by atoms with van der Waals surface area (Å²) < 4.78 is 4.61. The first-order valence-electron chi connectivity index (χ1n) is 7.39. The molecule has 0 aliphatic heterocycles. The van der Waals surface area contributed by atoms with E-state index in [9.17, 15) is 14.4 Å². The minimum atomic E-state index is -0.898. The number of nitrogens with one attached hydrogen (secondary N) is 2. The van der Waals surface area contributed by atoms with Crippen LogP contribution in [-0.2, 0) is 14.3 Å². The van der Waals surface area contributed by atoms with Gasteiger partial charge in [0.15, 0.2) is 0 Å². The number of carbonyl (C=O) groups excluding carboxylic acids is 3. The number of hydrogen-bond donors (Lipinski definition) is 2. The molecule has 25 heavy (non-hydrogen) atoms. The number of benzene rings is 2. The molecule has 0 saturated heterocycles. The van der Waals surface area contributed by atoms with Crippen molar-refractivity contribution in [2.24, 2.45) is 0 Å². The zero-order valence-electron chi connectivity index (χ0n) is 14.0. The van der Waals surface area contributed by atoms with Crippen LogP contribution in [0.2, 0.25) is 5.02 Å². The lowest BCUT2D eigenvalue weighted by atomic mass is 10.1. The first-order chi connectivity index (χ1) is 11.8. The second kappa shape index (κ2) is 7.81. The van der Waals surface area contributed by atoms with Gasteiger partial charge in [-0.05, 0) is 49.2 Å². The molecular formula is C18H17ClN2O4. The van der Waals surface area contributed by atoms with Crippen molar-refractivity contribution in [3.8, 4) is 0 Å². The Balaban J connectivity index is 2.15. The van der Waals surface area contributed by atoms with Gasteiger partial charge < -0.3 is 15.4 Å². The Morgan fingerprint density at radius 3 is 2.20 bits per heavy atom. The van der Waals surface area contributed by atoms with E-state index in [0.29, 0.717) is 5.69 Å². The van der Waals surface area contributed by atoms with Crippen LogP contribution < -0.4 is 10.6 Å². The lowest BCUT2D eigenvalue weighted by Crippen LogP contribution is -2.29. The molecule has 2 N–H and O–H groups in total. The summed E-state index contributed by atoms with van der Waals surface area (Å²) in [5.74, 6) is -2.31. The quantitative estimate of drug-likeness (QED) is 0.649. The lowest BCUT2D eigenvalue weighted by Gasteiger charge is -2.11. The highest BCUT2D eigenvalue weighted by atomic mass is 35.5. The van der Waals surface area contributed by atoms with E-state index in [1.165, 1.54) is 25.3 Å². The molecule has 2 aromatic carbocycles. The second-order valence-corrected chi connectivity index (χ2v) is 5.82. The molecule has 0 aliphatic carbocycles. The molecule has 0 radical (unpaired) electrons. The summed E-state index contributed by atoms with van der Waals surface area (Å²) in [5.41, 5.74) is 2.69. The Bertz CT molecular complexity index is 849. The van der Waals surface area contributed by atoms with E-state index in [0.717, 1.165) is 11.1 Å². The molecule has 0 aliphatic rings. The zero-order chi connectivity index (χ0) is 18.6. The van der Waals surface area contributed by atoms with Crippen molar-refractivity contribution >= 4 is 40.8 Å². The third kappa shape index (κ3) is 4.58. The zero-order valence-corrected chi connectivity index (χ0v) is 14.7. The number of hydrogen-bond acceptors (Lipinski definition) is 4. The molecular weight excluding hydrogens is 344 g/mol. The number of esters is 1. The monoisotopic (exact) mass is 360 g/mol. The number of aryl methyl sites for hydroxylation is 2. The van der Waals surface area contributed by atoms with Crippen LogP contribution in [0.5, 0.6) is 0 Å². The van der Waals surface area contributed by atoms with Crippen molar-refractivity contribution in [1.29, 1.82) is 0 Å². The number of ether oxygens (including phenoxy) is 1. The van der Waals surface area contributed by atoms with E-state index in [-0.39, 0.29) is 16.3 Å². The average Bonchev–Trinajstić information content (AvgIpc) is 2.59. The van der Waals surface area contributed by atoms with Gasteiger partial charge in [0.2, 0.25) is 0 Å².